The van der Waals surface area contributed by atoms with Gasteiger partial charge in [-0.3, -0.25) is 9.59 Å². The smallest absolute Gasteiger partial charge is 0.220 e. The molecule has 5 heteroatoms. The average molecular weight is 325 g/mol. The summed E-state index contributed by atoms with van der Waals surface area (Å²) in [5, 5.41) is 6.03. The first-order chi connectivity index (χ1) is 10.9. The van der Waals surface area contributed by atoms with Gasteiger partial charge in [-0.1, -0.05) is 27.7 Å². The van der Waals surface area contributed by atoms with E-state index in [4.69, 9.17) is 0 Å². The van der Waals surface area contributed by atoms with Crippen LogP contribution < -0.4 is 10.6 Å². The molecule has 1 saturated heterocycles. The van der Waals surface area contributed by atoms with E-state index >= 15 is 0 Å². The number of hydrogen-bond acceptors (Lipinski definition) is 3. The van der Waals surface area contributed by atoms with Crippen molar-refractivity contribution in [1.29, 1.82) is 0 Å². The maximum absolute atomic E-state index is 12.1. The van der Waals surface area contributed by atoms with E-state index in [-0.39, 0.29) is 17.4 Å². The monoisotopic (exact) mass is 325 g/mol. The molecule has 2 N–H and O–H groups in total. The van der Waals surface area contributed by atoms with Gasteiger partial charge in [0, 0.05) is 31.6 Å². The van der Waals surface area contributed by atoms with E-state index in [2.05, 4.69) is 43.2 Å². The fourth-order valence-electron chi connectivity index (χ4n) is 3.24. The Morgan fingerprint density at radius 2 is 1.91 bits per heavy atom. The molecule has 0 radical (unpaired) electrons. The molecular formula is C18H35N3O2. The summed E-state index contributed by atoms with van der Waals surface area (Å²) in [6, 6.07) is 0.595. The number of unbranched alkanes of at least 4 members (excludes halogenated alkanes) is 1. The zero-order valence-electron chi connectivity index (χ0n) is 15.4. The van der Waals surface area contributed by atoms with E-state index in [0.29, 0.717) is 12.5 Å². The van der Waals surface area contributed by atoms with Gasteiger partial charge in [0.1, 0.15) is 0 Å². The second kappa shape index (κ2) is 9.91. The molecule has 134 valence electrons. The van der Waals surface area contributed by atoms with Crippen LogP contribution in [-0.2, 0) is 9.59 Å². The first kappa shape index (κ1) is 19.9. The van der Waals surface area contributed by atoms with Crippen LogP contribution in [0.5, 0.6) is 0 Å². The Morgan fingerprint density at radius 1 is 1.26 bits per heavy atom. The fourth-order valence-corrected chi connectivity index (χ4v) is 3.24. The van der Waals surface area contributed by atoms with Gasteiger partial charge in [0.2, 0.25) is 12.3 Å². The molecule has 23 heavy (non-hydrogen) atoms. The molecule has 0 aromatic heterocycles. The molecule has 5 nitrogen and oxygen atoms in total. The molecule has 0 saturated carbocycles. The molecule has 1 aliphatic heterocycles. The van der Waals surface area contributed by atoms with Gasteiger partial charge in [-0.25, -0.2) is 0 Å². The van der Waals surface area contributed by atoms with Crippen molar-refractivity contribution in [2.75, 3.05) is 19.6 Å². The molecule has 1 heterocycles. The highest BCUT2D eigenvalue weighted by Crippen LogP contribution is 2.21. The van der Waals surface area contributed by atoms with Gasteiger partial charge in [0.15, 0.2) is 0 Å². The van der Waals surface area contributed by atoms with E-state index in [1.54, 1.807) is 0 Å². The summed E-state index contributed by atoms with van der Waals surface area (Å²) in [5.41, 5.74) is 0.115. The van der Waals surface area contributed by atoms with Crippen LogP contribution in [0.3, 0.4) is 0 Å². The van der Waals surface area contributed by atoms with Crippen LogP contribution in [0.25, 0.3) is 0 Å². The molecule has 1 atom stereocenters. The molecule has 1 aliphatic rings. The fraction of sp³-hybridized carbons (Fsp3) is 0.889. The lowest BCUT2D eigenvalue weighted by Gasteiger charge is -2.31. The Bertz CT molecular complexity index is 358. The van der Waals surface area contributed by atoms with Crippen molar-refractivity contribution >= 4 is 12.3 Å². The number of likely N-dealkylation sites (tertiary alicyclic amines) is 1. The van der Waals surface area contributed by atoms with Crippen molar-refractivity contribution in [3.8, 4) is 0 Å². The van der Waals surface area contributed by atoms with Crippen LogP contribution in [-0.4, -0.2) is 48.9 Å². The standard InChI is InChI=1S/C18H35N3O2/c1-5-16(18(2,3)4)20-17(23)8-6-7-11-21-12-9-15(10-13-21)19-14-22/h14-16H,5-13H2,1-4H3,(H,19,22)(H,20,23). The van der Waals surface area contributed by atoms with Gasteiger partial charge in [0.05, 0.1) is 0 Å². The summed E-state index contributed by atoms with van der Waals surface area (Å²) in [6.07, 6.45) is 6.46. The third-order valence-electron chi connectivity index (χ3n) is 4.81. The maximum atomic E-state index is 12.1. The van der Waals surface area contributed by atoms with Crippen molar-refractivity contribution in [2.45, 2.75) is 78.3 Å². The van der Waals surface area contributed by atoms with Gasteiger partial charge in [-0.2, -0.15) is 0 Å². The number of amides is 2. The molecule has 0 spiro atoms. The van der Waals surface area contributed by atoms with Gasteiger partial charge < -0.3 is 15.5 Å². The molecule has 1 rings (SSSR count). The number of hydrogen-bond donors (Lipinski definition) is 2. The quantitative estimate of drug-likeness (QED) is 0.505. The van der Waals surface area contributed by atoms with Crippen LogP contribution in [0.1, 0.15) is 66.2 Å². The molecule has 0 aromatic carbocycles. The van der Waals surface area contributed by atoms with E-state index in [9.17, 15) is 9.59 Å². The summed E-state index contributed by atoms with van der Waals surface area (Å²) in [4.78, 5) is 24.9. The lowest BCUT2D eigenvalue weighted by Crippen LogP contribution is -2.43. The molecule has 0 aromatic rings. The average Bonchev–Trinajstić information content (AvgIpc) is 2.50. The van der Waals surface area contributed by atoms with Gasteiger partial charge in [-0.05, 0) is 44.1 Å². The molecule has 1 unspecified atom stereocenters. The number of carbonyl (C=O) groups is 2. The van der Waals surface area contributed by atoms with Crippen molar-refractivity contribution < 1.29 is 9.59 Å². The lowest BCUT2D eigenvalue weighted by atomic mass is 9.85. The van der Waals surface area contributed by atoms with Gasteiger partial charge in [-0.15, -0.1) is 0 Å². The van der Waals surface area contributed by atoms with E-state index in [1.807, 2.05) is 0 Å². The zero-order valence-corrected chi connectivity index (χ0v) is 15.4. The van der Waals surface area contributed by atoms with Crippen LogP contribution in [0.4, 0.5) is 0 Å². The third-order valence-corrected chi connectivity index (χ3v) is 4.81. The number of rotatable bonds is 9. The van der Waals surface area contributed by atoms with Crippen LogP contribution in [0.15, 0.2) is 0 Å². The van der Waals surface area contributed by atoms with Gasteiger partial charge in [0.25, 0.3) is 0 Å². The van der Waals surface area contributed by atoms with Crippen LogP contribution >= 0.6 is 0 Å². The number of nitrogens with one attached hydrogen (secondary N) is 2. The first-order valence-electron chi connectivity index (χ1n) is 9.08. The predicted molar refractivity (Wildman–Crippen MR) is 94.2 cm³/mol. The van der Waals surface area contributed by atoms with Crippen molar-refractivity contribution in [3.05, 3.63) is 0 Å². The van der Waals surface area contributed by atoms with Crippen LogP contribution in [0, 0.1) is 5.41 Å². The summed E-state index contributed by atoms with van der Waals surface area (Å²) >= 11 is 0. The Labute approximate surface area is 141 Å². The molecule has 2 amide bonds. The number of carbonyl (C=O) groups excluding carboxylic acids is 2. The molecule has 0 bridgehead atoms. The first-order valence-corrected chi connectivity index (χ1v) is 9.08. The zero-order chi connectivity index (χ0) is 17.3. The van der Waals surface area contributed by atoms with E-state index in [1.165, 1.54) is 0 Å². The van der Waals surface area contributed by atoms with E-state index in [0.717, 1.165) is 58.1 Å². The molecule has 0 aliphatic carbocycles. The highest BCUT2D eigenvalue weighted by atomic mass is 16.1. The van der Waals surface area contributed by atoms with E-state index < -0.39 is 0 Å². The summed E-state index contributed by atoms with van der Waals surface area (Å²) in [6.45, 7) is 11.8. The minimum Gasteiger partial charge on any atom is -0.356 e. The SMILES string of the molecule is CCC(NC(=O)CCCCN1CCC(NC=O)CC1)C(C)(C)C. The highest BCUT2D eigenvalue weighted by Gasteiger charge is 2.24. The number of piperidine rings is 1. The second-order valence-electron chi connectivity index (χ2n) is 7.75. The normalized spacial score (nSPS) is 18.4. The Kier molecular flexibility index (Phi) is 8.59. The van der Waals surface area contributed by atoms with Crippen molar-refractivity contribution in [2.24, 2.45) is 5.41 Å². The topological polar surface area (TPSA) is 61.4 Å². The number of nitrogens with zero attached hydrogens (tertiary/aromatic N) is 1. The third kappa shape index (κ3) is 7.82. The second-order valence-corrected chi connectivity index (χ2v) is 7.75. The Morgan fingerprint density at radius 3 is 2.43 bits per heavy atom. The van der Waals surface area contributed by atoms with Gasteiger partial charge >= 0.3 is 0 Å². The summed E-state index contributed by atoms with van der Waals surface area (Å²) in [7, 11) is 0. The Hall–Kier alpha value is -1.10. The van der Waals surface area contributed by atoms with Crippen molar-refractivity contribution in [1.82, 2.24) is 15.5 Å². The summed E-state index contributed by atoms with van der Waals surface area (Å²) < 4.78 is 0. The largest absolute Gasteiger partial charge is 0.356 e. The summed E-state index contributed by atoms with van der Waals surface area (Å²) in [5.74, 6) is 0.181. The lowest BCUT2D eigenvalue weighted by molar-refractivity contribution is -0.122. The minimum absolute atomic E-state index is 0.115. The molecule has 1 fully saturated rings. The molecular weight excluding hydrogens is 290 g/mol. The Balaban J connectivity index is 2.13. The predicted octanol–water partition coefficient (Wildman–Crippen LogP) is 2.31. The highest BCUT2D eigenvalue weighted by molar-refractivity contribution is 5.76. The minimum atomic E-state index is 0.115. The van der Waals surface area contributed by atoms with Crippen molar-refractivity contribution in [3.63, 3.8) is 0 Å². The van der Waals surface area contributed by atoms with Crippen LogP contribution in [0.2, 0.25) is 0 Å². The maximum Gasteiger partial charge on any atom is 0.220 e.